The molecule has 19 heavy (non-hydrogen) atoms. The van der Waals surface area contributed by atoms with E-state index in [9.17, 15) is 14.7 Å². The molecule has 1 aromatic rings. The first-order valence-electron chi connectivity index (χ1n) is 6.13. The molecule has 0 unspecified atom stereocenters. The number of nitrogens with zero attached hydrogens (tertiary/aromatic N) is 1. The maximum atomic E-state index is 11.7. The summed E-state index contributed by atoms with van der Waals surface area (Å²) in [6.45, 7) is 3.75. The summed E-state index contributed by atoms with van der Waals surface area (Å²) in [6.07, 6.45) is 1.07. The molecule has 6 nitrogen and oxygen atoms in total. The van der Waals surface area contributed by atoms with Crippen molar-refractivity contribution in [3.8, 4) is 0 Å². The number of nitrogen functional groups attached to an aromatic ring is 1. The highest BCUT2D eigenvalue weighted by Crippen LogP contribution is 2.25. The number of nitrogens with one attached hydrogen (secondary N) is 1. The largest absolute Gasteiger partial charge is 0.481 e. The number of rotatable bonds is 7. The minimum Gasteiger partial charge on any atom is -0.481 e. The van der Waals surface area contributed by atoms with Gasteiger partial charge in [0.05, 0.1) is 17.5 Å². The van der Waals surface area contributed by atoms with Gasteiger partial charge < -0.3 is 16.2 Å². The molecule has 1 aromatic heterocycles. The number of hydrogen-bond donors (Lipinski definition) is 3. The smallest absolute Gasteiger partial charge is 0.311 e. The summed E-state index contributed by atoms with van der Waals surface area (Å²) in [5.41, 5.74) is 5.19. The number of carbonyl (C=O) groups excluding carboxylic acids is 1. The van der Waals surface area contributed by atoms with Crippen LogP contribution in [0.4, 0.5) is 5.13 Å². The van der Waals surface area contributed by atoms with E-state index >= 15 is 0 Å². The number of amides is 1. The third-order valence-corrected chi connectivity index (χ3v) is 4.07. The molecule has 1 rings (SSSR count). The van der Waals surface area contributed by atoms with Gasteiger partial charge in [-0.15, -0.1) is 11.3 Å². The summed E-state index contributed by atoms with van der Waals surface area (Å²) in [6, 6.07) is 0. The Balaban J connectivity index is 2.55. The van der Waals surface area contributed by atoms with Crippen molar-refractivity contribution in [3.63, 3.8) is 0 Å². The topological polar surface area (TPSA) is 105 Å². The van der Waals surface area contributed by atoms with Gasteiger partial charge in [0, 0.05) is 11.9 Å². The second-order valence-electron chi connectivity index (χ2n) is 4.42. The molecule has 0 spiro atoms. The number of hydrogen-bond acceptors (Lipinski definition) is 5. The monoisotopic (exact) mass is 285 g/mol. The first-order valence-corrected chi connectivity index (χ1v) is 7.01. The van der Waals surface area contributed by atoms with Crippen LogP contribution in [0.5, 0.6) is 0 Å². The van der Waals surface area contributed by atoms with E-state index in [0.29, 0.717) is 23.7 Å². The van der Waals surface area contributed by atoms with E-state index in [-0.39, 0.29) is 18.9 Å². The maximum Gasteiger partial charge on any atom is 0.311 e. The Hall–Kier alpha value is -1.63. The zero-order chi connectivity index (χ0) is 14.5. The van der Waals surface area contributed by atoms with Crippen LogP contribution in [0, 0.1) is 5.41 Å². The summed E-state index contributed by atoms with van der Waals surface area (Å²) in [4.78, 5) is 27.0. The molecule has 0 aromatic carbocycles. The van der Waals surface area contributed by atoms with Gasteiger partial charge in [-0.3, -0.25) is 9.59 Å². The molecule has 7 heteroatoms. The normalized spacial score (nSPS) is 11.3. The van der Waals surface area contributed by atoms with Crippen molar-refractivity contribution >= 4 is 28.3 Å². The van der Waals surface area contributed by atoms with E-state index < -0.39 is 11.4 Å². The van der Waals surface area contributed by atoms with E-state index in [2.05, 4.69) is 10.3 Å². The van der Waals surface area contributed by atoms with Crippen molar-refractivity contribution in [2.75, 3.05) is 12.3 Å². The van der Waals surface area contributed by atoms with E-state index in [0.717, 1.165) is 0 Å². The van der Waals surface area contributed by atoms with Gasteiger partial charge in [-0.2, -0.15) is 0 Å². The van der Waals surface area contributed by atoms with Gasteiger partial charge >= 0.3 is 5.97 Å². The summed E-state index contributed by atoms with van der Waals surface area (Å²) in [5, 5.41) is 14.1. The molecule has 0 atom stereocenters. The van der Waals surface area contributed by atoms with E-state index in [1.54, 1.807) is 5.38 Å². The minimum atomic E-state index is -0.892. The molecule has 0 saturated heterocycles. The SMILES string of the molecule is CCC(CC)(CNC(=O)Cc1csc(N)n1)C(=O)O. The summed E-state index contributed by atoms with van der Waals surface area (Å²) in [5.74, 6) is -1.12. The highest BCUT2D eigenvalue weighted by molar-refractivity contribution is 7.13. The molecule has 0 radical (unpaired) electrons. The van der Waals surface area contributed by atoms with Gasteiger partial charge in [0.15, 0.2) is 5.13 Å². The van der Waals surface area contributed by atoms with Crippen LogP contribution in [-0.2, 0) is 16.0 Å². The van der Waals surface area contributed by atoms with Gasteiger partial charge in [0.2, 0.25) is 5.91 Å². The molecule has 0 aliphatic carbocycles. The van der Waals surface area contributed by atoms with Gasteiger partial charge in [-0.05, 0) is 12.8 Å². The van der Waals surface area contributed by atoms with Gasteiger partial charge in [-0.1, -0.05) is 13.8 Å². The van der Waals surface area contributed by atoms with Crippen LogP contribution >= 0.6 is 11.3 Å². The summed E-state index contributed by atoms with van der Waals surface area (Å²) >= 11 is 1.28. The first kappa shape index (κ1) is 15.4. The third kappa shape index (κ3) is 3.92. The third-order valence-electron chi connectivity index (χ3n) is 3.34. The lowest BCUT2D eigenvalue weighted by atomic mass is 9.82. The molecule has 0 saturated carbocycles. The first-order chi connectivity index (χ1) is 8.93. The summed E-state index contributed by atoms with van der Waals surface area (Å²) in [7, 11) is 0. The number of carbonyl (C=O) groups is 2. The Kier molecular flexibility index (Phi) is 5.29. The molecule has 0 aliphatic heterocycles. The van der Waals surface area contributed by atoms with E-state index in [4.69, 9.17) is 5.73 Å². The molecule has 0 aliphatic rings. The fourth-order valence-electron chi connectivity index (χ4n) is 1.78. The molecular weight excluding hydrogens is 266 g/mol. The van der Waals surface area contributed by atoms with Crippen LogP contribution in [-0.4, -0.2) is 28.5 Å². The number of carboxylic acids is 1. The zero-order valence-electron chi connectivity index (χ0n) is 11.1. The van der Waals surface area contributed by atoms with Crippen molar-refractivity contribution < 1.29 is 14.7 Å². The molecular formula is C12H19N3O3S. The van der Waals surface area contributed by atoms with Crippen molar-refractivity contribution in [2.45, 2.75) is 33.1 Å². The van der Waals surface area contributed by atoms with Crippen LogP contribution in [0.2, 0.25) is 0 Å². The van der Waals surface area contributed by atoms with Gasteiger partial charge in [-0.25, -0.2) is 4.98 Å². The fourth-order valence-corrected chi connectivity index (χ4v) is 2.34. The van der Waals surface area contributed by atoms with Crippen molar-refractivity contribution in [3.05, 3.63) is 11.1 Å². The number of thiazole rings is 1. The van der Waals surface area contributed by atoms with Crippen LogP contribution < -0.4 is 11.1 Å². The number of aliphatic carboxylic acids is 1. The van der Waals surface area contributed by atoms with Crippen LogP contribution in [0.25, 0.3) is 0 Å². The highest BCUT2D eigenvalue weighted by atomic mass is 32.1. The number of nitrogens with two attached hydrogens (primary N) is 1. The van der Waals surface area contributed by atoms with E-state index in [1.165, 1.54) is 11.3 Å². The molecule has 4 N–H and O–H groups in total. The molecule has 1 heterocycles. The minimum absolute atomic E-state index is 0.122. The summed E-state index contributed by atoms with van der Waals surface area (Å²) < 4.78 is 0. The average Bonchev–Trinajstić information content (AvgIpc) is 2.76. The Morgan fingerprint density at radius 2 is 2.11 bits per heavy atom. The zero-order valence-corrected chi connectivity index (χ0v) is 11.9. The highest BCUT2D eigenvalue weighted by Gasteiger charge is 2.35. The van der Waals surface area contributed by atoms with Crippen molar-refractivity contribution in [1.29, 1.82) is 0 Å². The predicted molar refractivity (Wildman–Crippen MR) is 73.9 cm³/mol. The number of aromatic nitrogens is 1. The van der Waals surface area contributed by atoms with Crippen molar-refractivity contribution in [2.24, 2.45) is 5.41 Å². The Morgan fingerprint density at radius 1 is 1.47 bits per heavy atom. The quantitative estimate of drug-likeness (QED) is 0.699. The van der Waals surface area contributed by atoms with Gasteiger partial charge in [0.1, 0.15) is 0 Å². The molecule has 1 amide bonds. The predicted octanol–water partition coefficient (Wildman–Crippen LogP) is 1.27. The van der Waals surface area contributed by atoms with Crippen molar-refractivity contribution in [1.82, 2.24) is 10.3 Å². The molecule has 0 bridgehead atoms. The molecule has 0 fully saturated rings. The maximum absolute atomic E-state index is 11.7. The van der Waals surface area contributed by atoms with Crippen LogP contribution in [0.3, 0.4) is 0 Å². The lowest BCUT2D eigenvalue weighted by Crippen LogP contribution is -2.42. The second kappa shape index (κ2) is 6.51. The molecule has 106 valence electrons. The average molecular weight is 285 g/mol. The lowest BCUT2D eigenvalue weighted by Gasteiger charge is -2.26. The Labute approximate surface area is 116 Å². The lowest BCUT2D eigenvalue weighted by molar-refractivity contribution is -0.149. The second-order valence-corrected chi connectivity index (χ2v) is 5.31. The fraction of sp³-hybridized carbons (Fsp3) is 0.583. The number of anilines is 1. The Bertz CT molecular complexity index is 455. The number of carboxylic acid groups (broad SMARTS) is 1. The Morgan fingerprint density at radius 3 is 2.53 bits per heavy atom. The van der Waals surface area contributed by atoms with Crippen LogP contribution in [0.1, 0.15) is 32.4 Å². The standard InChI is InChI=1S/C12H19N3O3S/c1-3-12(4-2,10(17)18)7-14-9(16)5-8-6-19-11(13)15-8/h6H,3-5,7H2,1-2H3,(H2,13,15)(H,14,16)(H,17,18). The van der Waals surface area contributed by atoms with Crippen LogP contribution in [0.15, 0.2) is 5.38 Å². The van der Waals surface area contributed by atoms with E-state index in [1.807, 2.05) is 13.8 Å². The van der Waals surface area contributed by atoms with Gasteiger partial charge in [0.25, 0.3) is 0 Å².